The number of nitro groups is 1. The number of ether oxygens (including phenoxy) is 1. The van der Waals surface area contributed by atoms with E-state index in [0.29, 0.717) is 34.6 Å². The van der Waals surface area contributed by atoms with Crippen molar-refractivity contribution in [2.24, 2.45) is 5.10 Å². The summed E-state index contributed by atoms with van der Waals surface area (Å²) in [6.07, 6.45) is 3.91. The summed E-state index contributed by atoms with van der Waals surface area (Å²) in [5.41, 5.74) is 2.82. The average molecular weight is 466 g/mol. The van der Waals surface area contributed by atoms with Gasteiger partial charge in [-0.15, -0.1) is 11.3 Å². The molecular formula is C23H23N5O4S. The van der Waals surface area contributed by atoms with Crippen LogP contribution in [0.3, 0.4) is 0 Å². The van der Waals surface area contributed by atoms with E-state index >= 15 is 0 Å². The van der Waals surface area contributed by atoms with Gasteiger partial charge in [-0.1, -0.05) is 13.3 Å². The number of non-ortho nitro benzene ring substituents is 1. The Bertz CT molecular complexity index is 1420. The second-order valence-corrected chi connectivity index (χ2v) is 8.66. The van der Waals surface area contributed by atoms with Gasteiger partial charge < -0.3 is 4.74 Å². The molecule has 0 fully saturated rings. The Hall–Kier alpha value is -3.50. The van der Waals surface area contributed by atoms with Crippen LogP contribution in [0.25, 0.3) is 20.4 Å². The molecule has 0 aliphatic carbocycles. The summed E-state index contributed by atoms with van der Waals surface area (Å²) in [7, 11) is 1.64. The Kier molecular flexibility index (Phi) is 6.57. The molecule has 3 aromatic heterocycles. The number of hydrogen-bond donors (Lipinski definition) is 0. The number of thiophene rings is 1. The fourth-order valence-corrected chi connectivity index (χ4v) is 4.76. The van der Waals surface area contributed by atoms with Crippen LogP contribution in [-0.2, 0) is 17.8 Å². The molecule has 0 bridgehead atoms. The number of aromatic nitrogens is 3. The van der Waals surface area contributed by atoms with Gasteiger partial charge in [0.2, 0.25) is 0 Å². The Morgan fingerprint density at radius 2 is 2.03 bits per heavy atom. The Balaban J connectivity index is 1.88. The predicted octanol–water partition coefficient (Wildman–Crippen LogP) is 4.59. The van der Waals surface area contributed by atoms with Crippen LogP contribution >= 0.6 is 11.3 Å². The second-order valence-electron chi connectivity index (χ2n) is 7.66. The molecule has 0 spiro atoms. The first-order valence-corrected chi connectivity index (χ1v) is 11.4. The third-order valence-corrected chi connectivity index (χ3v) is 6.26. The molecule has 3 heterocycles. The number of methoxy groups -OCH3 is 1. The van der Waals surface area contributed by atoms with Crippen molar-refractivity contribution in [3.8, 4) is 0 Å². The molecule has 170 valence electrons. The zero-order chi connectivity index (χ0) is 23.5. The van der Waals surface area contributed by atoms with Crippen LogP contribution in [0.5, 0.6) is 0 Å². The van der Waals surface area contributed by atoms with E-state index in [1.165, 1.54) is 34.4 Å². The van der Waals surface area contributed by atoms with Crippen molar-refractivity contribution < 1.29 is 9.66 Å². The number of pyridine rings is 1. The smallest absolute Gasteiger partial charge is 0.292 e. The number of benzene rings is 1. The molecule has 0 saturated carbocycles. The van der Waals surface area contributed by atoms with Crippen molar-refractivity contribution in [2.45, 2.75) is 39.7 Å². The van der Waals surface area contributed by atoms with Crippen LogP contribution in [0.1, 0.15) is 42.4 Å². The van der Waals surface area contributed by atoms with Gasteiger partial charge in [-0.3, -0.25) is 14.9 Å². The lowest BCUT2D eigenvalue weighted by atomic mass is 10.1. The monoisotopic (exact) mass is 465 g/mol. The van der Waals surface area contributed by atoms with E-state index in [9.17, 15) is 14.9 Å². The normalized spacial score (nSPS) is 11.7. The summed E-state index contributed by atoms with van der Waals surface area (Å²) in [5, 5.41) is 16.1. The van der Waals surface area contributed by atoms with Gasteiger partial charge >= 0.3 is 0 Å². The molecular weight excluding hydrogens is 442 g/mol. The molecule has 0 radical (unpaired) electrons. The van der Waals surface area contributed by atoms with Gasteiger partial charge in [0.15, 0.2) is 0 Å². The maximum absolute atomic E-state index is 13.5. The van der Waals surface area contributed by atoms with Crippen molar-refractivity contribution in [3.05, 3.63) is 73.4 Å². The van der Waals surface area contributed by atoms with Gasteiger partial charge in [-0.05, 0) is 42.7 Å². The van der Waals surface area contributed by atoms with Crippen LogP contribution in [0, 0.1) is 17.0 Å². The zero-order valence-corrected chi connectivity index (χ0v) is 19.4. The summed E-state index contributed by atoms with van der Waals surface area (Å²) in [4.78, 5) is 34.1. The number of hydrogen-bond acceptors (Lipinski definition) is 8. The summed E-state index contributed by atoms with van der Waals surface area (Å²) in [6, 6.07) is 7.95. The highest BCUT2D eigenvalue weighted by molar-refractivity contribution is 7.25. The molecule has 4 rings (SSSR count). The van der Waals surface area contributed by atoms with Crippen molar-refractivity contribution in [1.29, 1.82) is 0 Å². The number of unbranched alkanes of at least 4 members (excludes halogenated alkanes) is 1. The minimum Gasteiger partial charge on any atom is -0.380 e. The highest BCUT2D eigenvalue weighted by Gasteiger charge is 2.19. The summed E-state index contributed by atoms with van der Waals surface area (Å²) in [6.45, 7) is 4.39. The summed E-state index contributed by atoms with van der Waals surface area (Å²) in [5.74, 6) is 0.566. The second kappa shape index (κ2) is 9.55. The molecule has 0 saturated heterocycles. The minimum absolute atomic E-state index is 0.00373. The lowest BCUT2D eigenvalue weighted by Gasteiger charge is -2.08. The van der Waals surface area contributed by atoms with E-state index in [1.54, 1.807) is 19.2 Å². The largest absolute Gasteiger partial charge is 0.380 e. The Morgan fingerprint density at radius 1 is 1.27 bits per heavy atom. The minimum atomic E-state index is -0.457. The zero-order valence-electron chi connectivity index (χ0n) is 18.6. The number of nitrogens with zero attached hydrogens (tertiary/aromatic N) is 5. The number of nitro benzene ring substituents is 1. The summed E-state index contributed by atoms with van der Waals surface area (Å²) < 4.78 is 7.19. The molecule has 0 aliphatic heterocycles. The molecule has 0 unspecified atom stereocenters. The molecule has 4 aromatic rings. The number of rotatable bonds is 8. The fourth-order valence-electron chi connectivity index (χ4n) is 3.63. The molecule has 0 N–H and O–H groups in total. The van der Waals surface area contributed by atoms with E-state index in [2.05, 4.69) is 17.0 Å². The first kappa shape index (κ1) is 22.7. The average Bonchev–Trinajstić information content (AvgIpc) is 3.16. The standard InChI is InChI=1S/C23H23N5O4S/c1-4-5-6-18-26-20-19-16(13-32-3)11-14(2)25-22(19)33-21(20)23(29)27(18)24-12-15-7-9-17(10-8-15)28(30)31/h7-12H,4-6,13H2,1-3H3/b24-12-. The van der Waals surface area contributed by atoms with Crippen LogP contribution in [0.4, 0.5) is 5.69 Å². The number of aryl methyl sites for hydroxylation is 2. The fraction of sp³-hybridized carbons (Fsp3) is 0.304. The molecule has 0 amide bonds. The molecule has 9 nitrogen and oxygen atoms in total. The molecule has 1 aromatic carbocycles. The summed E-state index contributed by atoms with van der Waals surface area (Å²) >= 11 is 1.30. The predicted molar refractivity (Wildman–Crippen MR) is 129 cm³/mol. The molecule has 0 atom stereocenters. The Morgan fingerprint density at radius 3 is 2.70 bits per heavy atom. The van der Waals surface area contributed by atoms with E-state index in [-0.39, 0.29) is 11.2 Å². The topological polar surface area (TPSA) is 113 Å². The SMILES string of the molecule is CCCCc1nc2c(sc3nc(C)cc(COC)c32)c(=O)n1/N=C\c1ccc([N+](=O)[O-])cc1. The molecule has 33 heavy (non-hydrogen) atoms. The van der Waals surface area contributed by atoms with Gasteiger partial charge in [-0.25, -0.2) is 9.97 Å². The van der Waals surface area contributed by atoms with E-state index in [0.717, 1.165) is 34.3 Å². The first-order chi connectivity index (χ1) is 15.9. The lowest BCUT2D eigenvalue weighted by Crippen LogP contribution is -2.21. The van der Waals surface area contributed by atoms with Crippen molar-refractivity contribution in [2.75, 3.05) is 7.11 Å². The van der Waals surface area contributed by atoms with E-state index in [4.69, 9.17) is 9.72 Å². The van der Waals surface area contributed by atoms with Gasteiger partial charge in [0.1, 0.15) is 15.4 Å². The highest BCUT2D eigenvalue weighted by atomic mass is 32.1. The van der Waals surface area contributed by atoms with Crippen molar-refractivity contribution >= 4 is 43.7 Å². The number of fused-ring (bicyclic) bond motifs is 3. The third-order valence-electron chi connectivity index (χ3n) is 5.20. The molecule has 10 heteroatoms. The van der Waals surface area contributed by atoms with Gasteiger partial charge in [0.05, 0.1) is 23.3 Å². The van der Waals surface area contributed by atoms with Crippen LogP contribution in [0.2, 0.25) is 0 Å². The van der Waals surface area contributed by atoms with Gasteiger partial charge in [-0.2, -0.15) is 9.78 Å². The van der Waals surface area contributed by atoms with Gasteiger partial charge in [0, 0.05) is 36.7 Å². The van der Waals surface area contributed by atoms with Crippen LogP contribution in [0.15, 0.2) is 40.2 Å². The van der Waals surface area contributed by atoms with E-state index < -0.39 is 4.92 Å². The van der Waals surface area contributed by atoms with Crippen LogP contribution < -0.4 is 5.56 Å². The van der Waals surface area contributed by atoms with Crippen molar-refractivity contribution in [1.82, 2.24) is 14.6 Å². The maximum Gasteiger partial charge on any atom is 0.292 e. The Labute approximate surface area is 193 Å². The van der Waals surface area contributed by atoms with Crippen molar-refractivity contribution in [3.63, 3.8) is 0 Å². The third kappa shape index (κ3) is 4.53. The van der Waals surface area contributed by atoms with Crippen LogP contribution in [-0.4, -0.2) is 32.9 Å². The quantitative estimate of drug-likeness (QED) is 0.214. The first-order valence-electron chi connectivity index (χ1n) is 10.5. The molecule has 0 aliphatic rings. The lowest BCUT2D eigenvalue weighted by molar-refractivity contribution is -0.384. The highest BCUT2D eigenvalue weighted by Crippen LogP contribution is 2.33. The van der Waals surface area contributed by atoms with E-state index in [1.807, 2.05) is 13.0 Å². The maximum atomic E-state index is 13.5. The van der Waals surface area contributed by atoms with Gasteiger partial charge in [0.25, 0.3) is 11.2 Å².